The van der Waals surface area contributed by atoms with Gasteiger partial charge in [0.1, 0.15) is 43.5 Å². The first-order chi connectivity index (χ1) is 19.8. The van der Waals surface area contributed by atoms with Crippen LogP contribution in [0.15, 0.2) is 36.1 Å². The van der Waals surface area contributed by atoms with Gasteiger partial charge < -0.3 is 55.3 Å². The van der Waals surface area contributed by atoms with E-state index >= 15 is 0 Å². The lowest BCUT2D eigenvalue weighted by atomic mass is 9.99. The van der Waals surface area contributed by atoms with Crippen molar-refractivity contribution < 1.29 is 73.7 Å². The SMILES string of the molecule is O=C(O)CC(=O)OC[C@H]1O[C@@H](Oc2cc3c(cc2O)[N+](=CC=C2C=CN[C@@H](C(=O)O)C2)[C@H](C(=O)O)C3)[C@H](O)[C@@H](O)[C@@H]1O. The number of aliphatic hydroxyl groups excluding tert-OH is 3. The van der Waals surface area contributed by atoms with Crippen LogP contribution in [0.3, 0.4) is 0 Å². The largest absolute Gasteiger partial charge is 0.504 e. The number of carbonyl (C=O) groups excluding carboxylic acids is 1. The number of aromatic hydroxyl groups is 1. The summed E-state index contributed by atoms with van der Waals surface area (Å²) in [4.78, 5) is 45.5. The quantitative estimate of drug-likeness (QED) is 0.0894. The zero-order chi connectivity index (χ0) is 30.7. The van der Waals surface area contributed by atoms with E-state index in [-0.39, 0.29) is 18.6 Å². The highest BCUT2D eigenvalue weighted by atomic mass is 16.7. The van der Waals surface area contributed by atoms with E-state index in [1.54, 1.807) is 12.2 Å². The van der Waals surface area contributed by atoms with Crippen molar-refractivity contribution in [2.24, 2.45) is 0 Å². The van der Waals surface area contributed by atoms with Gasteiger partial charge in [0.25, 0.3) is 6.04 Å². The monoisotopic (exact) mass is 593 g/mol. The fourth-order valence-corrected chi connectivity index (χ4v) is 4.68. The van der Waals surface area contributed by atoms with Crippen molar-refractivity contribution in [2.75, 3.05) is 6.61 Å². The Kier molecular flexibility index (Phi) is 9.11. The van der Waals surface area contributed by atoms with Crippen molar-refractivity contribution in [3.8, 4) is 11.5 Å². The number of carboxylic acids is 3. The molecule has 1 aromatic carbocycles. The Hall–Kier alpha value is -4.51. The molecule has 1 saturated heterocycles. The Morgan fingerprint density at radius 1 is 1.02 bits per heavy atom. The van der Waals surface area contributed by atoms with Crippen LogP contribution in [0.4, 0.5) is 5.69 Å². The number of benzene rings is 1. The van der Waals surface area contributed by atoms with Gasteiger partial charge in [-0.3, -0.25) is 9.59 Å². The minimum absolute atomic E-state index is 0.0201. The number of allylic oxidation sites excluding steroid dienone is 2. The van der Waals surface area contributed by atoms with Crippen molar-refractivity contribution in [1.82, 2.24) is 5.32 Å². The van der Waals surface area contributed by atoms with Gasteiger partial charge in [0.05, 0.1) is 12.5 Å². The van der Waals surface area contributed by atoms with Crippen LogP contribution in [-0.4, -0.2) is 120 Å². The predicted octanol–water partition coefficient (Wildman–Crippen LogP) is -1.79. The van der Waals surface area contributed by atoms with Gasteiger partial charge >= 0.3 is 23.9 Å². The molecule has 3 heterocycles. The molecule has 0 amide bonds. The molecule has 0 aromatic heterocycles. The normalized spacial score (nSPS) is 30.4. The van der Waals surface area contributed by atoms with Crippen LogP contribution >= 0.6 is 0 Å². The van der Waals surface area contributed by atoms with E-state index in [1.165, 1.54) is 29.1 Å². The zero-order valence-electron chi connectivity index (χ0n) is 21.8. The molecule has 0 saturated carbocycles. The first-order valence-corrected chi connectivity index (χ1v) is 12.7. The average molecular weight is 594 g/mol. The van der Waals surface area contributed by atoms with Crippen molar-refractivity contribution in [3.63, 3.8) is 0 Å². The molecule has 16 nitrogen and oxygen atoms in total. The van der Waals surface area contributed by atoms with Gasteiger partial charge in [-0.05, 0) is 23.9 Å². The number of aliphatic carboxylic acids is 3. The average Bonchev–Trinajstić information content (AvgIpc) is 3.28. The van der Waals surface area contributed by atoms with E-state index in [2.05, 4.69) is 5.32 Å². The number of carbonyl (C=O) groups is 4. The van der Waals surface area contributed by atoms with Gasteiger partial charge in [-0.15, -0.1) is 0 Å². The van der Waals surface area contributed by atoms with E-state index in [0.29, 0.717) is 16.8 Å². The minimum atomic E-state index is -1.83. The molecular weight excluding hydrogens is 564 g/mol. The fourth-order valence-electron chi connectivity index (χ4n) is 4.68. The molecule has 226 valence electrons. The van der Waals surface area contributed by atoms with Gasteiger partial charge in [0.2, 0.25) is 12.0 Å². The molecule has 1 aromatic rings. The Morgan fingerprint density at radius 3 is 2.43 bits per heavy atom. The summed E-state index contributed by atoms with van der Waals surface area (Å²) in [6.07, 6.45) is -3.15. The number of fused-ring (bicyclic) bond motifs is 1. The molecule has 42 heavy (non-hydrogen) atoms. The number of hydrogen-bond acceptors (Lipinski definition) is 12. The molecule has 16 heteroatoms. The van der Waals surface area contributed by atoms with Crippen LogP contribution in [0.2, 0.25) is 0 Å². The summed E-state index contributed by atoms with van der Waals surface area (Å²) in [6.45, 7) is -0.674. The van der Waals surface area contributed by atoms with Gasteiger partial charge in [0, 0.05) is 18.1 Å². The molecule has 8 N–H and O–H groups in total. The number of phenols is 1. The fraction of sp³-hybridized carbons (Fsp3) is 0.423. The van der Waals surface area contributed by atoms with Gasteiger partial charge in [0.15, 0.2) is 17.7 Å². The molecule has 3 aliphatic rings. The maximum atomic E-state index is 12.0. The highest BCUT2D eigenvalue weighted by molar-refractivity contribution is 5.90. The third kappa shape index (κ3) is 6.68. The molecule has 3 aliphatic heterocycles. The lowest BCUT2D eigenvalue weighted by molar-refractivity contribution is -0.456. The van der Waals surface area contributed by atoms with Crippen LogP contribution in [0.5, 0.6) is 11.5 Å². The predicted molar refractivity (Wildman–Crippen MR) is 136 cm³/mol. The number of rotatable bonds is 9. The number of ether oxygens (including phenoxy) is 3. The van der Waals surface area contributed by atoms with E-state index in [4.69, 9.17) is 19.3 Å². The number of hydrogen-bond donors (Lipinski definition) is 8. The highest BCUT2D eigenvalue weighted by Gasteiger charge is 2.46. The smallest absolute Gasteiger partial charge is 0.373 e. The Labute approximate surface area is 237 Å². The number of aliphatic hydroxyl groups is 3. The van der Waals surface area contributed by atoms with E-state index in [9.17, 15) is 49.8 Å². The number of esters is 1. The molecular formula is C26H29N2O14+. The third-order valence-electron chi connectivity index (χ3n) is 6.87. The van der Waals surface area contributed by atoms with Gasteiger partial charge in [-0.2, -0.15) is 4.58 Å². The summed E-state index contributed by atoms with van der Waals surface area (Å²) in [5.74, 6) is -5.53. The molecule has 7 atom stereocenters. The summed E-state index contributed by atoms with van der Waals surface area (Å²) in [7, 11) is 0. The van der Waals surface area contributed by atoms with Crippen LogP contribution in [-0.2, 0) is 35.1 Å². The molecule has 0 radical (unpaired) electrons. The first kappa shape index (κ1) is 30.4. The highest BCUT2D eigenvalue weighted by Crippen LogP contribution is 2.40. The number of nitrogens with zero attached hydrogens (tertiary/aromatic N) is 1. The lowest BCUT2D eigenvalue weighted by Gasteiger charge is -2.39. The maximum Gasteiger partial charge on any atom is 0.373 e. The Bertz CT molecular complexity index is 1350. The summed E-state index contributed by atoms with van der Waals surface area (Å²) in [5.41, 5.74) is 1.37. The number of phenolic OH excluding ortho intramolecular Hbond substituents is 1. The Balaban J connectivity index is 1.55. The van der Waals surface area contributed by atoms with Crippen LogP contribution in [0.25, 0.3) is 0 Å². The van der Waals surface area contributed by atoms with E-state index in [1.807, 2.05) is 0 Å². The van der Waals surface area contributed by atoms with Crippen LogP contribution in [0, 0.1) is 0 Å². The third-order valence-corrected chi connectivity index (χ3v) is 6.87. The molecule has 1 fully saturated rings. The minimum Gasteiger partial charge on any atom is -0.504 e. The first-order valence-electron chi connectivity index (χ1n) is 12.7. The standard InChI is InChI=1S/C26H28N2O14/c29-16-8-14-12(6-15(25(38)39)28(14)4-2-11-1-3-27-13(5-11)24(36)37)7-17(16)41-26-23(35)22(34)21(33)18(42-26)10-40-20(32)9-19(30)31/h1-4,7-8,13,15,18,21-23,26,33-35H,5-6,9-10H2,(H4,29,30,31,36,37,38,39)/p+1/t13-,15+,18-,21-,22+,23-,26-/m1/s1. The zero-order valence-corrected chi connectivity index (χ0v) is 21.8. The van der Waals surface area contributed by atoms with Crippen LogP contribution in [0.1, 0.15) is 18.4 Å². The second-order valence-electron chi connectivity index (χ2n) is 9.79. The lowest BCUT2D eigenvalue weighted by Crippen LogP contribution is -2.60. The molecule has 4 rings (SSSR count). The summed E-state index contributed by atoms with van der Waals surface area (Å²) in [6, 6.07) is 0.632. The second kappa shape index (κ2) is 12.6. The summed E-state index contributed by atoms with van der Waals surface area (Å²) in [5, 5.41) is 72.0. The molecule has 0 aliphatic carbocycles. The number of carboxylic acid groups (broad SMARTS) is 3. The molecule has 0 bridgehead atoms. The summed E-state index contributed by atoms with van der Waals surface area (Å²) >= 11 is 0. The van der Waals surface area contributed by atoms with Crippen molar-refractivity contribution >= 4 is 35.8 Å². The second-order valence-corrected chi connectivity index (χ2v) is 9.79. The maximum absolute atomic E-state index is 12.0. The van der Waals surface area contributed by atoms with Crippen LogP contribution < -0.4 is 10.1 Å². The van der Waals surface area contributed by atoms with Crippen molar-refractivity contribution in [2.45, 2.75) is 62.1 Å². The van der Waals surface area contributed by atoms with Gasteiger partial charge in [-0.1, -0.05) is 0 Å². The van der Waals surface area contributed by atoms with E-state index < -0.39 is 85.4 Å². The Morgan fingerprint density at radius 2 is 1.76 bits per heavy atom. The number of nitrogens with one attached hydrogen (secondary N) is 1. The summed E-state index contributed by atoms with van der Waals surface area (Å²) < 4.78 is 17.2. The van der Waals surface area contributed by atoms with E-state index in [0.717, 1.165) is 0 Å². The van der Waals surface area contributed by atoms with Crippen molar-refractivity contribution in [3.05, 3.63) is 41.6 Å². The van der Waals surface area contributed by atoms with Gasteiger partial charge in [-0.25, -0.2) is 9.59 Å². The molecule has 0 unspecified atom stereocenters. The topological polar surface area (TPSA) is 253 Å². The molecule has 0 spiro atoms. The van der Waals surface area contributed by atoms with Crippen molar-refractivity contribution in [1.29, 1.82) is 0 Å².